The lowest BCUT2D eigenvalue weighted by Gasteiger charge is -2.14. The highest BCUT2D eigenvalue weighted by molar-refractivity contribution is 5.17. The van der Waals surface area contributed by atoms with Gasteiger partial charge in [0.2, 0.25) is 0 Å². The Bertz CT molecular complexity index is 315. The van der Waals surface area contributed by atoms with Gasteiger partial charge in [0.05, 0.1) is 17.4 Å². The molecule has 1 unspecified atom stereocenters. The van der Waals surface area contributed by atoms with Gasteiger partial charge in [0.25, 0.3) is 0 Å². The van der Waals surface area contributed by atoms with Crippen molar-refractivity contribution in [3.63, 3.8) is 0 Å². The van der Waals surface area contributed by atoms with Crippen LogP contribution < -0.4 is 5.32 Å². The fourth-order valence-electron chi connectivity index (χ4n) is 1.62. The van der Waals surface area contributed by atoms with Crippen LogP contribution in [0, 0.1) is 0 Å². The van der Waals surface area contributed by atoms with Gasteiger partial charge in [-0.2, -0.15) is 5.10 Å². The van der Waals surface area contributed by atoms with Crippen LogP contribution in [0.4, 0.5) is 0 Å². The predicted octanol–water partition coefficient (Wildman–Crippen LogP) is 2.21. The molecule has 1 N–H and O–H groups in total. The van der Waals surface area contributed by atoms with Crippen LogP contribution in [-0.4, -0.2) is 16.3 Å². The van der Waals surface area contributed by atoms with E-state index < -0.39 is 0 Å². The number of rotatable bonds is 6. The molecule has 0 amide bonds. The summed E-state index contributed by atoms with van der Waals surface area (Å²) in [6.45, 7) is 9.15. The average molecular weight is 207 g/mol. The second-order valence-electron chi connectivity index (χ2n) is 3.71. The number of aryl methyl sites for hydroxylation is 2. The smallest absolute Gasteiger partial charge is 0.0675 e. The van der Waals surface area contributed by atoms with Crippen LogP contribution in [-0.2, 0) is 13.5 Å². The lowest BCUT2D eigenvalue weighted by molar-refractivity contribution is 0.565. The van der Waals surface area contributed by atoms with Crippen molar-refractivity contribution in [1.82, 2.24) is 15.1 Å². The first-order chi connectivity index (χ1) is 7.22. The van der Waals surface area contributed by atoms with Gasteiger partial charge < -0.3 is 5.32 Å². The first-order valence-corrected chi connectivity index (χ1v) is 5.61. The first kappa shape index (κ1) is 12.0. The molecule has 0 fully saturated rings. The first-order valence-electron chi connectivity index (χ1n) is 5.61. The Morgan fingerprint density at radius 3 is 2.80 bits per heavy atom. The van der Waals surface area contributed by atoms with Gasteiger partial charge >= 0.3 is 0 Å². The third kappa shape index (κ3) is 2.93. The molecule has 15 heavy (non-hydrogen) atoms. The Morgan fingerprint density at radius 1 is 1.60 bits per heavy atom. The van der Waals surface area contributed by atoms with Crippen LogP contribution in [0.2, 0.25) is 0 Å². The molecule has 0 saturated heterocycles. The third-order valence-corrected chi connectivity index (χ3v) is 2.50. The van der Waals surface area contributed by atoms with E-state index in [1.54, 1.807) is 0 Å². The molecular formula is C12H21N3. The minimum Gasteiger partial charge on any atom is -0.305 e. The quantitative estimate of drug-likeness (QED) is 0.725. The van der Waals surface area contributed by atoms with E-state index in [4.69, 9.17) is 0 Å². The molecule has 3 heteroatoms. The Labute approximate surface area is 92.2 Å². The number of nitrogens with zero attached hydrogens (tertiary/aromatic N) is 2. The van der Waals surface area contributed by atoms with Crippen LogP contribution in [0.15, 0.2) is 18.7 Å². The van der Waals surface area contributed by atoms with Gasteiger partial charge in [0.1, 0.15) is 0 Å². The highest BCUT2D eigenvalue weighted by Crippen LogP contribution is 2.15. The second-order valence-corrected chi connectivity index (χ2v) is 3.71. The highest BCUT2D eigenvalue weighted by Gasteiger charge is 2.12. The molecule has 1 aromatic rings. The topological polar surface area (TPSA) is 29.9 Å². The Hall–Kier alpha value is -1.09. The summed E-state index contributed by atoms with van der Waals surface area (Å²) in [4.78, 5) is 0. The van der Waals surface area contributed by atoms with Crippen molar-refractivity contribution < 1.29 is 0 Å². The van der Waals surface area contributed by atoms with Gasteiger partial charge in [-0.3, -0.25) is 4.68 Å². The Balaban J connectivity index is 2.80. The molecule has 1 atom stereocenters. The minimum absolute atomic E-state index is 0.211. The van der Waals surface area contributed by atoms with Crippen molar-refractivity contribution in [3.05, 3.63) is 30.1 Å². The normalized spacial score (nSPS) is 12.7. The van der Waals surface area contributed by atoms with Gasteiger partial charge in [-0.15, -0.1) is 6.58 Å². The van der Waals surface area contributed by atoms with Gasteiger partial charge in [-0.25, -0.2) is 0 Å². The third-order valence-electron chi connectivity index (χ3n) is 2.50. The molecule has 0 spiro atoms. The van der Waals surface area contributed by atoms with E-state index in [0.717, 1.165) is 25.1 Å². The molecule has 0 radical (unpaired) electrons. The van der Waals surface area contributed by atoms with Gasteiger partial charge in [0.15, 0.2) is 0 Å². The Kier molecular flexibility index (Phi) is 4.56. The summed E-state index contributed by atoms with van der Waals surface area (Å²) in [5.41, 5.74) is 2.33. The largest absolute Gasteiger partial charge is 0.305 e. The summed E-state index contributed by atoms with van der Waals surface area (Å²) >= 11 is 0. The van der Waals surface area contributed by atoms with E-state index in [9.17, 15) is 0 Å². The van der Waals surface area contributed by atoms with Crippen molar-refractivity contribution in [2.75, 3.05) is 6.54 Å². The molecule has 0 aromatic carbocycles. The number of hydrogen-bond acceptors (Lipinski definition) is 2. The number of hydrogen-bond donors (Lipinski definition) is 1. The van der Waals surface area contributed by atoms with Gasteiger partial charge in [-0.05, 0) is 25.5 Å². The molecule has 0 aliphatic heterocycles. The molecule has 1 aromatic heterocycles. The summed E-state index contributed by atoms with van der Waals surface area (Å²) in [6, 6.07) is 2.36. The Morgan fingerprint density at radius 2 is 2.33 bits per heavy atom. The van der Waals surface area contributed by atoms with E-state index in [-0.39, 0.29) is 6.04 Å². The molecule has 1 heterocycles. The SMILES string of the molecule is C=CC(NCCC)c1cc(CC)nn1C. The van der Waals surface area contributed by atoms with Crippen molar-refractivity contribution >= 4 is 0 Å². The lowest BCUT2D eigenvalue weighted by atomic mass is 10.2. The van der Waals surface area contributed by atoms with Gasteiger partial charge in [0, 0.05) is 7.05 Å². The van der Waals surface area contributed by atoms with Gasteiger partial charge in [-0.1, -0.05) is 19.9 Å². The number of aromatic nitrogens is 2. The van der Waals surface area contributed by atoms with Crippen molar-refractivity contribution in [1.29, 1.82) is 0 Å². The summed E-state index contributed by atoms with van der Waals surface area (Å²) in [5, 5.41) is 7.87. The maximum atomic E-state index is 4.43. The van der Waals surface area contributed by atoms with E-state index in [0.29, 0.717) is 0 Å². The molecule has 3 nitrogen and oxygen atoms in total. The summed E-state index contributed by atoms with van der Waals surface area (Å²) in [6.07, 6.45) is 4.04. The van der Waals surface area contributed by atoms with Crippen molar-refractivity contribution in [3.8, 4) is 0 Å². The van der Waals surface area contributed by atoms with Crippen LogP contribution in [0.3, 0.4) is 0 Å². The van der Waals surface area contributed by atoms with E-state index in [2.05, 4.69) is 36.9 Å². The van der Waals surface area contributed by atoms with Crippen LogP contribution in [0.1, 0.15) is 37.7 Å². The zero-order valence-corrected chi connectivity index (χ0v) is 9.95. The zero-order chi connectivity index (χ0) is 11.3. The number of nitrogens with one attached hydrogen (secondary N) is 1. The maximum absolute atomic E-state index is 4.43. The summed E-state index contributed by atoms with van der Waals surface area (Å²) in [7, 11) is 1.98. The molecule has 0 aliphatic carbocycles. The molecule has 0 saturated carbocycles. The highest BCUT2D eigenvalue weighted by atomic mass is 15.3. The standard InChI is InChI=1S/C12H21N3/c1-5-8-13-11(7-3)12-9-10(6-2)14-15(12)4/h7,9,11,13H,3,5-6,8H2,1-2,4H3. The average Bonchev–Trinajstić information content (AvgIpc) is 2.61. The molecule has 84 valence electrons. The van der Waals surface area contributed by atoms with Crippen molar-refractivity contribution in [2.45, 2.75) is 32.7 Å². The van der Waals surface area contributed by atoms with E-state index in [1.807, 2.05) is 17.8 Å². The zero-order valence-electron chi connectivity index (χ0n) is 9.95. The van der Waals surface area contributed by atoms with Crippen LogP contribution >= 0.6 is 0 Å². The summed E-state index contributed by atoms with van der Waals surface area (Å²) < 4.78 is 1.94. The van der Waals surface area contributed by atoms with Crippen LogP contribution in [0.5, 0.6) is 0 Å². The molecule has 0 aliphatic rings. The predicted molar refractivity (Wildman–Crippen MR) is 63.8 cm³/mol. The molecule has 1 rings (SSSR count). The fourth-order valence-corrected chi connectivity index (χ4v) is 1.62. The monoisotopic (exact) mass is 207 g/mol. The molecule has 0 bridgehead atoms. The lowest BCUT2D eigenvalue weighted by Crippen LogP contribution is -2.22. The van der Waals surface area contributed by atoms with E-state index >= 15 is 0 Å². The van der Waals surface area contributed by atoms with Crippen molar-refractivity contribution in [2.24, 2.45) is 7.05 Å². The van der Waals surface area contributed by atoms with Crippen LogP contribution in [0.25, 0.3) is 0 Å². The maximum Gasteiger partial charge on any atom is 0.0675 e. The minimum atomic E-state index is 0.211. The summed E-state index contributed by atoms with van der Waals surface area (Å²) in [5.74, 6) is 0. The fraction of sp³-hybridized carbons (Fsp3) is 0.583. The molecular weight excluding hydrogens is 186 g/mol. The second kappa shape index (κ2) is 5.71. The van der Waals surface area contributed by atoms with E-state index in [1.165, 1.54) is 5.69 Å².